The molecule has 1 heterocycles. The van der Waals surface area contributed by atoms with Crippen molar-refractivity contribution >= 4 is 35.2 Å². The van der Waals surface area contributed by atoms with Gasteiger partial charge in [-0.1, -0.05) is 23.8 Å². The molecule has 2 N–H and O–H groups in total. The average molecular weight is 497 g/mol. The molecule has 0 unspecified atom stereocenters. The fraction of sp³-hybridized carbons (Fsp3) is 0.346. The standard InChI is InChI=1S/C26H28N2O6S/c29-24(27-13-12-18-6-2-1-3-7-18)15-32-26(31)20-8-4-5-9-23(20)35-16-25(30)28-19-10-11-21-22(14-19)34-17-33-21/h4-6,8-11,14H,1-3,7,12-13,15-17H2,(H,27,29)(H,28,30). The van der Waals surface area contributed by atoms with Crippen LogP contribution in [0.25, 0.3) is 0 Å². The summed E-state index contributed by atoms with van der Waals surface area (Å²) in [4.78, 5) is 37.7. The largest absolute Gasteiger partial charge is 0.454 e. The van der Waals surface area contributed by atoms with Crippen molar-refractivity contribution in [3.63, 3.8) is 0 Å². The summed E-state index contributed by atoms with van der Waals surface area (Å²) in [6, 6.07) is 12.0. The molecule has 1 aliphatic heterocycles. The quantitative estimate of drug-likeness (QED) is 0.287. The van der Waals surface area contributed by atoms with Crippen LogP contribution in [-0.2, 0) is 14.3 Å². The van der Waals surface area contributed by atoms with Gasteiger partial charge in [0.25, 0.3) is 5.91 Å². The Bertz CT molecular complexity index is 1120. The van der Waals surface area contributed by atoms with Gasteiger partial charge in [0.15, 0.2) is 18.1 Å². The number of carbonyl (C=O) groups excluding carboxylic acids is 3. The van der Waals surface area contributed by atoms with E-state index in [0.717, 1.165) is 19.3 Å². The highest BCUT2D eigenvalue weighted by Crippen LogP contribution is 2.34. The van der Waals surface area contributed by atoms with Crippen LogP contribution in [0, 0.1) is 0 Å². The van der Waals surface area contributed by atoms with E-state index in [-0.39, 0.29) is 31.0 Å². The van der Waals surface area contributed by atoms with E-state index in [1.807, 2.05) is 0 Å². The Kier molecular flexibility index (Phi) is 8.67. The van der Waals surface area contributed by atoms with E-state index < -0.39 is 5.97 Å². The summed E-state index contributed by atoms with van der Waals surface area (Å²) in [5.41, 5.74) is 2.29. The summed E-state index contributed by atoms with van der Waals surface area (Å²) in [5.74, 6) is 0.149. The molecular weight excluding hydrogens is 468 g/mol. The fourth-order valence-corrected chi connectivity index (χ4v) is 4.67. The molecule has 2 aromatic carbocycles. The number of rotatable bonds is 10. The number of hydrogen-bond acceptors (Lipinski definition) is 7. The third-order valence-corrected chi connectivity index (χ3v) is 6.68. The molecule has 4 rings (SSSR count). The van der Waals surface area contributed by atoms with Crippen molar-refractivity contribution in [1.82, 2.24) is 5.32 Å². The predicted molar refractivity (Wildman–Crippen MR) is 133 cm³/mol. The van der Waals surface area contributed by atoms with Gasteiger partial charge in [0.1, 0.15) is 0 Å². The van der Waals surface area contributed by atoms with E-state index in [4.69, 9.17) is 14.2 Å². The van der Waals surface area contributed by atoms with E-state index >= 15 is 0 Å². The van der Waals surface area contributed by atoms with Crippen molar-refractivity contribution in [3.8, 4) is 11.5 Å². The topological polar surface area (TPSA) is 103 Å². The van der Waals surface area contributed by atoms with Crippen LogP contribution in [0.5, 0.6) is 11.5 Å². The molecule has 8 nitrogen and oxygen atoms in total. The maximum atomic E-state index is 12.6. The van der Waals surface area contributed by atoms with Crippen molar-refractivity contribution in [2.45, 2.75) is 37.0 Å². The van der Waals surface area contributed by atoms with Crippen LogP contribution in [0.3, 0.4) is 0 Å². The lowest BCUT2D eigenvalue weighted by Gasteiger charge is -2.13. The number of thioether (sulfide) groups is 1. The van der Waals surface area contributed by atoms with E-state index in [1.54, 1.807) is 42.5 Å². The lowest BCUT2D eigenvalue weighted by Crippen LogP contribution is -2.30. The number of hydrogen-bond donors (Lipinski definition) is 2. The highest BCUT2D eigenvalue weighted by molar-refractivity contribution is 8.00. The molecule has 9 heteroatoms. The number of benzene rings is 2. The molecule has 0 radical (unpaired) electrons. The number of amides is 2. The van der Waals surface area contributed by atoms with Gasteiger partial charge in [-0.15, -0.1) is 11.8 Å². The number of fused-ring (bicyclic) bond motifs is 1. The first-order valence-electron chi connectivity index (χ1n) is 11.6. The zero-order chi connectivity index (χ0) is 24.5. The molecule has 0 spiro atoms. The van der Waals surface area contributed by atoms with Gasteiger partial charge in [-0.05, 0) is 56.4 Å². The molecule has 0 bridgehead atoms. The second kappa shape index (κ2) is 12.3. The van der Waals surface area contributed by atoms with Crippen LogP contribution in [0.1, 0.15) is 42.5 Å². The third kappa shape index (κ3) is 7.26. The van der Waals surface area contributed by atoms with Gasteiger partial charge in [0.2, 0.25) is 12.7 Å². The van der Waals surface area contributed by atoms with E-state index in [9.17, 15) is 14.4 Å². The Labute approximate surface area is 208 Å². The number of carbonyl (C=O) groups is 3. The first-order chi connectivity index (χ1) is 17.1. The van der Waals surface area contributed by atoms with Crippen LogP contribution < -0.4 is 20.1 Å². The Morgan fingerprint density at radius 1 is 1.00 bits per heavy atom. The molecule has 1 aliphatic carbocycles. The maximum absolute atomic E-state index is 12.6. The molecule has 2 aliphatic rings. The molecule has 0 saturated heterocycles. The van der Waals surface area contributed by atoms with Crippen molar-refractivity contribution in [1.29, 1.82) is 0 Å². The van der Waals surface area contributed by atoms with Gasteiger partial charge in [-0.3, -0.25) is 9.59 Å². The van der Waals surface area contributed by atoms with Crippen molar-refractivity contribution in [2.24, 2.45) is 0 Å². The Balaban J connectivity index is 1.22. The number of allylic oxidation sites excluding steroid dienone is 1. The first-order valence-corrected chi connectivity index (χ1v) is 12.6. The van der Waals surface area contributed by atoms with Crippen molar-refractivity contribution in [3.05, 3.63) is 59.7 Å². The second-order valence-corrected chi connectivity index (χ2v) is 9.20. The Morgan fingerprint density at radius 2 is 1.86 bits per heavy atom. The second-order valence-electron chi connectivity index (χ2n) is 8.19. The van der Waals surface area contributed by atoms with Gasteiger partial charge in [0.05, 0.1) is 11.3 Å². The smallest absolute Gasteiger partial charge is 0.339 e. The van der Waals surface area contributed by atoms with Crippen LogP contribution in [0.4, 0.5) is 5.69 Å². The molecule has 0 atom stereocenters. The molecule has 0 fully saturated rings. The molecule has 35 heavy (non-hydrogen) atoms. The van der Waals surface area contributed by atoms with Crippen LogP contribution in [-0.4, -0.2) is 43.5 Å². The maximum Gasteiger partial charge on any atom is 0.339 e. The minimum Gasteiger partial charge on any atom is -0.454 e. The highest BCUT2D eigenvalue weighted by Gasteiger charge is 2.17. The minimum absolute atomic E-state index is 0.0923. The average Bonchev–Trinajstić information content (AvgIpc) is 3.35. The van der Waals surface area contributed by atoms with E-state index in [1.165, 1.54) is 30.2 Å². The summed E-state index contributed by atoms with van der Waals surface area (Å²) in [7, 11) is 0. The SMILES string of the molecule is O=C(COC(=O)c1ccccc1SCC(=O)Nc1ccc2c(c1)OCO2)NCCC1=CCCCC1. The Hall–Kier alpha value is -3.46. The summed E-state index contributed by atoms with van der Waals surface area (Å²) in [6.07, 6.45) is 7.71. The van der Waals surface area contributed by atoms with E-state index in [0.29, 0.717) is 34.2 Å². The zero-order valence-electron chi connectivity index (χ0n) is 19.3. The normalized spacial score (nSPS) is 14.1. The van der Waals surface area contributed by atoms with Crippen LogP contribution >= 0.6 is 11.8 Å². The van der Waals surface area contributed by atoms with Gasteiger partial charge in [0, 0.05) is 23.2 Å². The van der Waals surface area contributed by atoms with Gasteiger partial charge in [-0.25, -0.2) is 4.79 Å². The van der Waals surface area contributed by atoms with Crippen molar-refractivity contribution < 1.29 is 28.6 Å². The molecular formula is C26H28N2O6S. The Morgan fingerprint density at radius 3 is 2.71 bits per heavy atom. The summed E-state index contributed by atoms with van der Waals surface area (Å²) in [5, 5.41) is 5.60. The summed E-state index contributed by atoms with van der Waals surface area (Å²) < 4.78 is 15.8. The number of anilines is 1. The molecule has 184 valence electrons. The third-order valence-electron chi connectivity index (χ3n) is 5.61. The van der Waals surface area contributed by atoms with Gasteiger partial charge < -0.3 is 24.8 Å². The predicted octanol–water partition coefficient (Wildman–Crippen LogP) is 4.31. The van der Waals surface area contributed by atoms with Gasteiger partial charge in [-0.2, -0.15) is 0 Å². The molecule has 0 saturated carbocycles. The first kappa shape index (κ1) is 24.7. The fourth-order valence-electron chi connectivity index (χ4n) is 3.83. The molecule has 2 aromatic rings. The monoisotopic (exact) mass is 496 g/mol. The molecule has 2 amide bonds. The summed E-state index contributed by atoms with van der Waals surface area (Å²) in [6.45, 7) is 0.351. The number of nitrogens with one attached hydrogen (secondary N) is 2. The lowest BCUT2D eigenvalue weighted by atomic mass is 9.97. The minimum atomic E-state index is -0.602. The van der Waals surface area contributed by atoms with Crippen LogP contribution in [0.15, 0.2) is 59.0 Å². The van der Waals surface area contributed by atoms with E-state index in [2.05, 4.69) is 16.7 Å². The number of ether oxygens (including phenoxy) is 3. The lowest BCUT2D eigenvalue weighted by molar-refractivity contribution is -0.124. The summed E-state index contributed by atoms with van der Waals surface area (Å²) >= 11 is 1.22. The van der Waals surface area contributed by atoms with Crippen molar-refractivity contribution in [2.75, 3.05) is 31.0 Å². The van der Waals surface area contributed by atoms with Gasteiger partial charge >= 0.3 is 5.97 Å². The molecule has 0 aromatic heterocycles. The zero-order valence-corrected chi connectivity index (χ0v) is 20.2. The van der Waals surface area contributed by atoms with Crippen LogP contribution in [0.2, 0.25) is 0 Å². The number of esters is 1. The highest BCUT2D eigenvalue weighted by atomic mass is 32.2.